The molecule has 1 amide bonds. The summed E-state index contributed by atoms with van der Waals surface area (Å²) >= 11 is 0. The van der Waals surface area contributed by atoms with Crippen LogP contribution in [0.25, 0.3) is 5.69 Å². The second-order valence-corrected chi connectivity index (χ2v) is 5.33. The Morgan fingerprint density at radius 1 is 1.55 bits per heavy atom. The molecule has 7 heteroatoms. The first-order chi connectivity index (χ1) is 10.6. The first-order valence-corrected chi connectivity index (χ1v) is 7.22. The van der Waals surface area contributed by atoms with Crippen molar-refractivity contribution in [2.24, 2.45) is 0 Å². The van der Waals surface area contributed by atoms with E-state index in [1.54, 1.807) is 19.1 Å². The molecule has 1 aliphatic rings. The van der Waals surface area contributed by atoms with E-state index >= 15 is 0 Å². The Labute approximate surface area is 127 Å². The van der Waals surface area contributed by atoms with Crippen molar-refractivity contribution in [3.63, 3.8) is 0 Å². The summed E-state index contributed by atoms with van der Waals surface area (Å²) in [5, 5.41) is 10.6. The van der Waals surface area contributed by atoms with Crippen molar-refractivity contribution in [1.29, 1.82) is 0 Å². The van der Waals surface area contributed by atoms with E-state index in [0.717, 1.165) is 19.4 Å². The lowest BCUT2D eigenvalue weighted by Crippen LogP contribution is -2.31. The minimum absolute atomic E-state index is 0.0822. The molecule has 0 radical (unpaired) electrons. The maximum Gasteiger partial charge on any atom is 0.273 e. The molecule has 0 aliphatic carbocycles. The van der Waals surface area contributed by atoms with Crippen LogP contribution in [0.3, 0.4) is 0 Å². The van der Waals surface area contributed by atoms with Crippen molar-refractivity contribution in [3.05, 3.63) is 41.5 Å². The Morgan fingerprint density at radius 2 is 2.41 bits per heavy atom. The number of halogens is 1. The number of hydrogen-bond donors (Lipinski definition) is 1. The lowest BCUT2D eigenvalue weighted by molar-refractivity contribution is 0.0853. The predicted octanol–water partition coefficient (Wildman–Crippen LogP) is 1.62. The molecule has 2 aromatic rings. The topological polar surface area (TPSA) is 69.0 Å². The van der Waals surface area contributed by atoms with Crippen LogP contribution in [0, 0.1) is 12.7 Å². The molecule has 0 saturated carbocycles. The van der Waals surface area contributed by atoms with Crippen LogP contribution in [0.2, 0.25) is 0 Å². The summed E-state index contributed by atoms with van der Waals surface area (Å²) in [6.45, 7) is 2.90. The van der Waals surface area contributed by atoms with E-state index in [2.05, 4.69) is 15.6 Å². The highest BCUT2D eigenvalue weighted by Crippen LogP contribution is 2.13. The number of nitrogens with zero attached hydrogens (tertiary/aromatic N) is 3. The van der Waals surface area contributed by atoms with Gasteiger partial charge in [0.1, 0.15) is 5.82 Å². The minimum Gasteiger partial charge on any atom is -0.376 e. The normalized spacial score (nSPS) is 17.6. The summed E-state index contributed by atoms with van der Waals surface area (Å²) < 4.78 is 20.2. The van der Waals surface area contributed by atoms with Crippen LogP contribution in [-0.2, 0) is 4.74 Å². The van der Waals surface area contributed by atoms with Crippen LogP contribution < -0.4 is 5.32 Å². The van der Waals surface area contributed by atoms with E-state index < -0.39 is 0 Å². The van der Waals surface area contributed by atoms with Crippen LogP contribution in [0.1, 0.15) is 28.9 Å². The second-order valence-electron chi connectivity index (χ2n) is 5.33. The number of aromatic nitrogens is 3. The van der Waals surface area contributed by atoms with Crippen molar-refractivity contribution < 1.29 is 13.9 Å². The van der Waals surface area contributed by atoms with Gasteiger partial charge in [-0.25, -0.2) is 9.07 Å². The van der Waals surface area contributed by atoms with Gasteiger partial charge in [-0.1, -0.05) is 5.21 Å². The Kier molecular flexibility index (Phi) is 4.15. The number of carbonyl (C=O) groups is 1. The lowest BCUT2D eigenvalue weighted by Gasteiger charge is -2.09. The standard InChI is InChI=1S/C15H17FN4O2/c1-10-7-11(4-5-13(10)16)20-9-14(18-19-20)15(21)17-8-12-3-2-6-22-12/h4-5,7,9,12H,2-3,6,8H2,1H3,(H,17,21). The number of amides is 1. The maximum atomic E-state index is 13.3. The van der Waals surface area contributed by atoms with Gasteiger partial charge in [-0.15, -0.1) is 5.10 Å². The van der Waals surface area contributed by atoms with Gasteiger partial charge in [0.25, 0.3) is 5.91 Å². The van der Waals surface area contributed by atoms with Gasteiger partial charge in [0, 0.05) is 13.2 Å². The Bertz CT molecular complexity index is 680. The fraction of sp³-hybridized carbons (Fsp3) is 0.400. The summed E-state index contributed by atoms with van der Waals surface area (Å²) in [6, 6.07) is 4.60. The Hall–Kier alpha value is -2.28. The third kappa shape index (κ3) is 3.14. The summed E-state index contributed by atoms with van der Waals surface area (Å²) in [5.41, 5.74) is 1.39. The van der Waals surface area contributed by atoms with E-state index in [0.29, 0.717) is 17.8 Å². The number of nitrogens with one attached hydrogen (secondary N) is 1. The fourth-order valence-electron chi connectivity index (χ4n) is 2.37. The van der Waals surface area contributed by atoms with Crippen LogP contribution in [0.4, 0.5) is 4.39 Å². The summed E-state index contributed by atoms with van der Waals surface area (Å²) in [5.74, 6) is -0.570. The monoisotopic (exact) mass is 304 g/mol. The van der Waals surface area contributed by atoms with E-state index in [1.807, 2.05) is 0 Å². The molecule has 1 atom stereocenters. The van der Waals surface area contributed by atoms with Gasteiger partial charge in [-0.2, -0.15) is 0 Å². The highest BCUT2D eigenvalue weighted by atomic mass is 19.1. The van der Waals surface area contributed by atoms with Gasteiger partial charge < -0.3 is 10.1 Å². The van der Waals surface area contributed by atoms with Gasteiger partial charge >= 0.3 is 0 Å². The molecule has 1 fully saturated rings. The molecule has 1 aromatic heterocycles. The van der Waals surface area contributed by atoms with Gasteiger partial charge in [-0.3, -0.25) is 4.79 Å². The molecule has 1 saturated heterocycles. The molecule has 22 heavy (non-hydrogen) atoms. The summed E-state index contributed by atoms with van der Waals surface area (Å²) in [7, 11) is 0. The molecular formula is C15H17FN4O2. The molecule has 0 bridgehead atoms. The SMILES string of the molecule is Cc1cc(-n2cc(C(=O)NCC3CCCO3)nn2)ccc1F. The predicted molar refractivity (Wildman–Crippen MR) is 77.4 cm³/mol. The van der Waals surface area contributed by atoms with Crippen LogP contribution >= 0.6 is 0 Å². The molecule has 6 nitrogen and oxygen atoms in total. The molecule has 1 aromatic carbocycles. The van der Waals surface area contributed by atoms with Crippen LogP contribution in [-0.4, -0.2) is 40.2 Å². The van der Waals surface area contributed by atoms with Gasteiger partial charge in [-0.05, 0) is 43.5 Å². The van der Waals surface area contributed by atoms with Crippen molar-refractivity contribution in [2.75, 3.05) is 13.2 Å². The maximum absolute atomic E-state index is 13.3. The fourth-order valence-corrected chi connectivity index (χ4v) is 2.37. The van der Waals surface area contributed by atoms with Gasteiger partial charge in [0.05, 0.1) is 18.0 Å². The first-order valence-electron chi connectivity index (χ1n) is 7.22. The highest BCUT2D eigenvalue weighted by molar-refractivity contribution is 5.91. The number of ether oxygens (including phenoxy) is 1. The molecule has 2 heterocycles. The quantitative estimate of drug-likeness (QED) is 0.932. The highest BCUT2D eigenvalue weighted by Gasteiger charge is 2.18. The zero-order valence-corrected chi connectivity index (χ0v) is 12.3. The lowest BCUT2D eigenvalue weighted by atomic mass is 10.2. The van der Waals surface area contributed by atoms with E-state index in [4.69, 9.17) is 4.74 Å². The number of hydrogen-bond acceptors (Lipinski definition) is 4. The van der Waals surface area contributed by atoms with Crippen molar-refractivity contribution >= 4 is 5.91 Å². The molecule has 116 valence electrons. The largest absolute Gasteiger partial charge is 0.376 e. The van der Waals surface area contributed by atoms with Crippen molar-refractivity contribution in [2.45, 2.75) is 25.9 Å². The van der Waals surface area contributed by atoms with E-state index in [1.165, 1.54) is 16.9 Å². The third-order valence-corrected chi connectivity index (χ3v) is 3.65. The summed E-state index contributed by atoms with van der Waals surface area (Å²) in [6.07, 6.45) is 3.60. The number of carbonyl (C=O) groups excluding carboxylic acids is 1. The number of benzene rings is 1. The van der Waals surface area contributed by atoms with Gasteiger partial charge in [0.2, 0.25) is 0 Å². The smallest absolute Gasteiger partial charge is 0.273 e. The van der Waals surface area contributed by atoms with E-state index in [9.17, 15) is 9.18 Å². The first kappa shape index (κ1) is 14.6. The van der Waals surface area contributed by atoms with E-state index in [-0.39, 0.29) is 23.5 Å². The van der Waals surface area contributed by atoms with Crippen molar-refractivity contribution in [3.8, 4) is 5.69 Å². The van der Waals surface area contributed by atoms with Crippen molar-refractivity contribution in [1.82, 2.24) is 20.3 Å². The number of rotatable bonds is 4. The average Bonchev–Trinajstić information content (AvgIpc) is 3.18. The zero-order chi connectivity index (χ0) is 15.5. The number of aryl methyl sites for hydroxylation is 1. The summed E-state index contributed by atoms with van der Waals surface area (Å²) in [4.78, 5) is 12.0. The third-order valence-electron chi connectivity index (χ3n) is 3.65. The van der Waals surface area contributed by atoms with Crippen LogP contribution in [0.5, 0.6) is 0 Å². The average molecular weight is 304 g/mol. The zero-order valence-electron chi connectivity index (χ0n) is 12.3. The molecule has 1 N–H and O–H groups in total. The Balaban J connectivity index is 1.67. The molecule has 1 unspecified atom stereocenters. The minimum atomic E-state index is -0.291. The van der Waals surface area contributed by atoms with Crippen LogP contribution in [0.15, 0.2) is 24.4 Å². The molecular weight excluding hydrogens is 287 g/mol. The van der Waals surface area contributed by atoms with Gasteiger partial charge in [0.15, 0.2) is 5.69 Å². The second kappa shape index (κ2) is 6.23. The molecule has 3 rings (SSSR count). The molecule has 0 spiro atoms. The Morgan fingerprint density at radius 3 is 3.14 bits per heavy atom. The molecule has 1 aliphatic heterocycles.